The van der Waals surface area contributed by atoms with Gasteiger partial charge in [-0.15, -0.1) is 0 Å². The quantitative estimate of drug-likeness (QED) is 0.454. The van der Waals surface area contributed by atoms with Crippen LogP contribution in [-0.2, 0) is 4.79 Å². The van der Waals surface area contributed by atoms with Gasteiger partial charge in [0.05, 0.1) is 0 Å². The van der Waals surface area contributed by atoms with Crippen LogP contribution >= 0.6 is 0 Å². The Morgan fingerprint density at radius 2 is 1.24 bits per heavy atom. The van der Waals surface area contributed by atoms with Gasteiger partial charge in [0.15, 0.2) is 11.6 Å². The standard InChI is InChI=1S/C16H23NO.C10H12O.C5H11N.CH2O/c1-13-6-8-15(9-7-13)16(18)14(2)12-17-10-4-3-5-11-17;1-3-10(11)9-6-4-8(2)5-7-9;1-2-4-6-5-3-1;1-2/h6-9,14H,3-5,10-12H2,1-2H3;4-7H,3H2,1-2H3;6H,1-5H2;1H2. The number of nitrogens with one attached hydrogen (secondary N) is 1. The number of benzene rings is 2. The predicted molar refractivity (Wildman–Crippen MR) is 155 cm³/mol. The third-order valence-corrected chi connectivity index (χ3v) is 6.67. The Kier molecular flexibility index (Phi) is 17.1. The van der Waals surface area contributed by atoms with Crippen molar-refractivity contribution in [1.29, 1.82) is 0 Å². The summed E-state index contributed by atoms with van der Waals surface area (Å²) in [4.78, 5) is 33.9. The number of nitrogens with zero attached hydrogens (tertiary/aromatic N) is 1. The summed E-state index contributed by atoms with van der Waals surface area (Å²) >= 11 is 0. The number of ketones is 2. The van der Waals surface area contributed by atoms with Gasteiger partial charge in [0.25, 0.3) is 0 Å². The zero-order valence-electron chi connectivity index (χ0n) is 23.6. The molecule has 2 saturated heterocycles. The zero-order valence-corrected chi connectivity index (χ0v) is 23.6. The maximum atomic E-state index is 12.3. The molecule has 1 atom stereocenters. The number of Topliss-reactive ketones (excluding diaryl/α,β-unsaturated/α-hetero) is 2. The monoisotopic (exact) mass is 508 g/mol. The molecule has 0 spiro atoms. The number of likely N-dealkylation sites (tertiary alicyclic amines) is 1. The minimum Gasteiger partial charge on any atom is -0.317 e. The Labute approximate surface area is 225 Å². The first kappa shape index (κ1) is 32.4. The van der Waals surface area contributed by atoms with Gasteiger partial charge in [-0.2, -0.15) is 0 Å². The Morgan fingerprint density at radius 1 is 0.784 bits per heavy atom. The molecule has 5 heteroatoms. The molecule has 1 unspecified atom stereocenters. The lowest BCUT2D eigenvalue weighted by atomic mass is 9.97. The molecule has 1 N–H and O–H groups in total. The third kappa shape index (κ3) is 13.5. The van der Waals surface area contributed by atoms with Crippen LogP contribution < -0.4 is 5.32 Å². The topological polar surface area (TPSA) is 66.5 Å². The van der Waals surface area contributed by atoms with Crippen LogP contribution in [0.1, 0.15) is 90.6 Å². The lowest BCUT2D eigenvalue weighted by molar-refractivity contribution is -0.0980. The molecule has 0 aromatic heterocycles. The highest BCUT2D eigenvalue weighted by Gasteiger charge is 2.19. The molecule has 0 aliphatic carbocycles. The Balaban J connectivity index is 0.000000304. The van der Waals surface area contributed by atoms with E-state index >= 15 is 0 Å². The number of rotatable bonds is 6. The van der Waals surface area contributed by atoms with E-state index in [0.29, 0.717) is 6.42 Å². The molecule has 2 aliphatic rings. The van der Waals surface area contributed by atoms with E-state index in [-0.39, 0.29) is 17.5 Å². The molecule has 0 bridgehead atoms. The van der Waals surface area contributed by atoms with Crippen molar-refractivity contribution in [1.82, 2.24) is 10.2 Å². The van der Waals surface area contributed by atoms with Gasteiger partial charge in [0.2, 0.25) is 0 Å². The van der Waals surface area contributed by atoms with Gasteiger partial charge >= 0.3 is 0 Å². The predicted octanol–water partition coefficient (Wildman–Crippen LogP) is 6.46. The SMILES string of the molecule is C1CCNCC1.C=O.CCC(=O)c1ccc(C)cc1.Cc1ccc(C(=O)C(C)CN2CCCCC2)cc1. The summed E-state index contributed by atoms with van der Waals surface area (Å²) in [7, 11) is 0. The summed E-state index contributed by atoms with van der Waals surface area (Å²) in [5.74, 6) is 0.594. The van der Waals surface area contributed by atoms with Crippen molar-refractivity contribution in [3.8, 4) is 0 Å². The van der Waals surface area contributed by atoms with Crippen LogP contribution in [-0.4, -0.2) is 56.0 Å². The highest BCUT2D eigenvalue weighted by Crippen LogP contribution is 2.15. The van der Waals surface area contributed by atoms with Crippen LogP contribution in [0.15, 0.2) is 48.5 Å². The highest BCUT2D eigenvalue weighted by molar-refractivity contribution is 5.97. The summed E-state index contributed by atoms with van der Waals surface area (Å²) in [5, 5.41) is 3.28. The second kappa shape index (κ2) is 19.5. The average molecular weight is 509 g/mol. The molecule has 2 aromatic rings. The molecular formula is C32H48N2O3. The minimum atomic E-state index is 0.103. The van der Waals surface area contributed by atoms with E-state index in [0.717, 1.165) is 30.8 Å². The van der Waals surface area contributed by atoms with Crippen LogP contribution in [0, 0.1) is 19.8 Å². The molecule has 2 heterocycles. The molecule has 2 aliphatic heterocycles. The number of hydrogen-bond acceptors (Lipinski definition) is 5. The molecule has 0 radical (unpaired) electrons. The van der Waals surface area contributed by atoms with Gasteiger partial charge in [-0.05, 0) is 65.7 Å². The lowest BCUT2D eigenvalue weighted by Crippen LogP contribution is -2.35. The fraction of sp³-hybridized carbons (Fsp3) is 0.531. The fourth-order valence-corrected chi connectivity index (χ4v) is 4.36. The van der Waals surface area contributed by atoms with Crippen LogP contribution in [0.4, 0.5) is 0 Å². The largest absolute Gasteiger partial charge is 0.317 e. The van der Waals surface area contributed by atoms with E-state index in [1.165, 1.54) is 62.7 Å². The van der Waals surface area contributed by atoms with Crippen LogP contribution in [0.2, 0.25) is 0 Å². The Morgan fingerprint density at radius 3 is 1.65 bits per heavy atom. The van der Waals surface area contributed by atoms with Crippen molar-refractivity contribution >= 4 is 18.4 Å². The van der Waals surface area contributed by atoms with Gasteiger partial charge in [-0.1, -0.05) is 86.3 Å². The van der Waals surface area contributed by atoms with Gasteiger partial charge < -0.3 is 15.0 Å². The molecule has 0 amide bonds. The Hall–Kier alpha value is -2.63. The van der Waals surface area contributed by atoms with Crippen LogP contribution in [0.5, 0.6) is 0 Å². The van der Waals surface area contributed by atoms with E-state index in [1.807, 2.05) is 76.1 Å². The second-order valence-corrected chi connectivity index (χ2v) is 9.95. The molecular weight excluding hydrogens is 460 g/mol. The first-order valence-electron chi connectivity index (χ1n) is 13.8. The molecule has 2 fully saturated rings. The van der Waals surface area contributed by atoms with Gasteiger partial charge in [-0.3, -0.25) is 9.59 Å². The van der Waals surface area contributed by atoms with E-state index < -0.39 is 0 Å². The number of hydrogen-bond donors (Lipinski definition) is 1. The Bertz CT molecular complexity index is 872. The summed E-state index contributed by atoms with van der Waals surface area (Å²) < 4.78 is 0. The summed E-state index contributed by atoms with van der Waals surface area (Å²) in [6, 6.07) is 15.6. The van der Waals surface area contributed by atoms with Crippen molar-refractivity contribution in [2.45, 2.75) is 72.6 Å². The molecule has 4 rings (SSSR count). The van der Waals surface area contributed by atoms with E-state index in [2.05, 4.69) is 17.1 Å². The van der Waals surface area contributed by atoms with E-state index in [4.69, 9.17) is 4.79 Å². The highest BCUT2D eigenvalue weighted by atomic mass is 16.1. The summed E-state index contributed by atoms with van der Waals surface area (Å²) in [5.41, 5.74) is 4.07. The van der Waals surface area contributed by atoms with E-state index in [1.54, 1.807) is 0 Å². The van der Waals surface area contributed by atoms with E-state index in [9.17, 15) is 9.59 Å². The zero-order chi connectivity index (χ0) is 27.5. The van der Waals surface area contributed by atoms with Crippen molar-refractivity contribution in [3.05, 3.63) is 70.8 Å². The van der Waals surface area contributed by atoms with Crippen molar-refractivity contribution in [2.75, 3.05) is 32.7 Å². The molecule has 0 saturated carbocycles. The van der Waals surface area contributed by atoms with Gasteiger partial charge in [0, 0.05) is 30.0 Å². The number of carbonyl (C=O) groups is 3. The first-order valence-corrected chi connectivity index (χ1v) is 13.8. The van der Waals surface area contributed by atoms with Crippen LogP contribution in [0.3, 0.4) is 0 Å². The normalized spacial score (nSPS) is 15.9. The number of aryl methyl sites for hydroxylation is 2. The fourth-order valence-electron chi connectivity index (χ4n) is 4.36. The molecule has 204 valence electrons. The molecule has 37 heavy (non-hydrogen) atoms. The smallest absolute Gasteiger partial charge is 0.166 e. The van der Waals surface area contributed by atoms with Gasteiger partial charge in [0.1, 0.15) is 6.79 Å². The van der Waals surface area contributed by atoms with Crippen molar-refractivity contribution in [2.24, 2.45) is 5.92 Å². The van der Waals surface area contributed by atoms with Gasteiger partial charge in [-0.25, -0.2) is 0 Å². The summed E-state index contributed by atoms with van der Waals surface area (Å²) in [6.07, 6.45) is 8.71. The third-order valence-electron chi connectivity index (χ3n) is 6.67. The number of piperidine rings is 2. The maximum Gasteiger partial charge on any atom is 0.166 e. The van der Waals surface area contributed by atoms with Crippen molar-refractivity contribution in [3.63, 3.8) is 0 Å². The molecule has 2 aromatic carbocycles. The average Bonchev–Trinajstić information content (AvgIpc) is 2.96. The second-order valence-electron chi connectivity index (χ2n) is 9.95. The first-order chi connectivity index (χ1) is 17.9. The lowest BCUT2D eigenvalue weighted by Gasteiger charge is -2.28. The summed E-state index contributed by atoms with van der Waals surface area (Å²) in [6.45, 7) is 15.7. The molecule has 5 nitrogen and oxygen atoms in total. The minimum absolute atomic E-state index is 0.103. The van der Waals surface area contributed by atoms with Crippen LogP contribution in [0.25, 0.3) is 0 Å². The van der Waals surface area contributed by atoms with Crippen molar-refractivity contribution < 1.29 is 14.4 Å². The number of carbonyl (C=O) groups excluding carboxylic acids is 3. The maximum absolute atomic E-state index is 12.3.